The molecule has 296 valence electrons. The highest BCUT2D eigenvalue weighted by molar-refractivity contribution is 8.13. The number of carboxylic acid groups (broad SMARTS) is 1. The molecule has 0 aromatic carbocycles. The number of nitrogens with one attached hydrogen (secondary N) is 1. The SMILES string of the molecule is C=COC(=O)SCCC[Si](O[Si](C)(C)C)(O[Si](C)(C)C)O[Si](C)(C)C.C[Si](C)(C)O[Si](CCCC=CNC(=O)O)(O[Si](C)(C)C)O[Si](C)(C)C. The number of hydrogen-bond acceptors (Lipinski definition) is 10. The molecule has 0 aromatic heterocycles. The second-order valence-electron chi connectivity index (χ2n) is 17.9. The maximum atomic E-state index is 11.5. The van der Waals surface area contributed by atoms with Crippen LogP contribution in [0.2, 0.25) is 130 Å². The molecular weight excluding hydrogens is 791 g/mol. The van der Waals surface area contributed by atoms with Crippen LogP contribution in [-0.4, -0.2) is 89.8 Å². The number of ether oxygens (including phenoxy) is 1. The molecule has 1 amide bonds. The van der Waals surface area contributed by atoms with Gasteiger partial charge in [-0.05, 0) is 149 Å². The van der Waals surface area contributed by atoms with E-state index in [1.54, 1.807) is 0 Å². The van der Waals surface area contributed by atoms with E-state index < -0.39 is 73.6 Å². The number of rotatable bonds is 22. The fourth-order valence-corrected chi connectivity index (χ4v) is 34.6. The first-order chi connectivity index (χ1) is 22.1. The van der Waals surface area contributed by atoms with Gasteiger partial charge in [0.25, 0.3) is 0 Å². The van der Waals surface area contributed by atoms with Crippen molar-refractivity contribution >= 4 is 90.7 Å². The Morgan fingerprint density at radius 3 is 1.20 bits per heavy atom. The van der Waals surface area contributed by atoms with Gasteiger partial charge in [0, 0.05) is 24.0 Å². The van der Waals surface area contributed by atoms with Crippen molar-refractivity contribution in [2.45, 2.75) is 149 Å². The lowest BCUT2D eigenvalue weighted by Gasteiger charge is -2.43. The minimum atomic E-state index is -2.79. The zero-order chi connectivity index (χ0) is 39.9. The van der Waals surface area contributed by atoms with Gasteiger partial charge in [-0.3, -0.25) is 5.32 Å². The molecule has 0 saturated carbocycles. The quantitative estimate of drug-likeness (QED) is 0.0467. The lowest BCUT2D eigenvalue weighted by molar-refractivity contribution is 0.198. The third-order valence-corrected chi connectivity index (χ3v) is 29.9. The van der Waals surface area contributed by atoms with Crippen LogP contribution in [0.4, 0.5) is 9.59 Å². The van der Waals surface area contributed by atoms with Crippen LogP contribution >= 0.6 is 11.8 Å². The Balaban J connectivity index is 0. The van der Waals surface area contributed by atoms with Crippen LogP contribution < -0.4 is 5.32 Å². The molecule has 0 aromatic rings. The second kappa shape index (κ2) is 21.8. The first kappa shape index (κ1) is 52.2. The highest BCUT2D eigenvalue weighted by Gasteiger charge is 2.50. The first-order valence-corrected chi connectivity index (χ1v) is 42.7. The predicted octanol–water partition coefficient (Wildman–Crippen LogP) is 10.9. The number of amides is 1. The van der Waals surface area contributed by atoms with Gasteiger partial charge in [0.05, 0.1) is 6.26 Å². The summed E-state index contributed by atoms with van der Waals surface area (Å²) in [6.07, 6.45) is 5.80. The van der Waals surface area contributed by atoms with Crippen molar-refractivity contribution in [1.82, 2.24) is 5.32 Å². The molecule has 0 atom stereocenters. The Bertz CT molecular complexity index is 979. The van der Waals surface area contributed by atoms with E-state index in [-0.39, 0.29) is 5.30 Å². The Morgan fingerprint density at radius 2 is 0.920 bits per heavy atom. The van der Waals surface area contributed by atoms with Crippen molar-refractivity contribution in [2.24, 2.45) is 0 Å². The highest BCUT2D eigenvalue weighted by Crippen LogP contribution is 2.32. The smallest absolute Gasteiger partial charge is 0.465 e. The van der Waals surface area contributed by atoms with Gasteiger partial charge >= 0.3 is 29.0 Å². The van der Waals surface area contributed by atoms with Crippen molar-refractivity contribution in [3.05, 3.63) is 25.1 Å². The summed E-state index contributed by atoms with van der Waals surface area (Å²) in [6, 6.07) is 1.50. The van der Waals surface area contributed by atoms with Crippen molar-refractivity contribution in [1.29, 1.82) is 0 Å². The lowest BCUT2D eigenvalue weighted by Crippen LogP contribution is -2.60. The van der Waals surface area contributed by atoms with Gasteiger partial charge in [-0.15, -0.1) is 0 Å². The van der Waals surface area contributed by atoms with E-state index in [9.17, 15) is 9.59 Å². The largest absolute Gasteiger partial charge is 0.469 e. The molecule has 0 aliphatic heterocycles. The molecule has 0 rings (SSSR count). The fourth-order valence-electron chi connectivity index (χ4n) is 4.43. The number of thioether (sulfide) groups is 1. The standard InChI is InChI=1S/C15H37NO5Si4.C15H36O5SSi4/c1-22(2,3)19-25(20-23(4,5)6,21-24(7,8)9)14-12-10-11-13-16-15(17)18;1-11-17-15(16)21-13-12-14-25(18-22(2,3)4,19-23(5,6)7)20-24(8,9)10/h11,13,16H,10,12,14H2,1-9H3,(H,17,18);11H,1,12-14H2,2-10H3. The number of unbranched alkanes of at least 4 members (excludes halogenated alkanes) is 1. The van der Waals surface area contributed by atoms with Gasteiger partial charge in [-0.1, -0.05) is 12.7 Å². The number of hydrogen-bond donors (Lipinski definition) is 2. The Hall–Kier alpha value is 0.0651. The van der Waals surface area contributed by atoms with Crippen molar-refractivity contribution < 1.29 is 44.1 Å². The van der Waals surface area contributed by atoms with Gasteiger partial charge < -0.3 is 34.5 Å². The molecule has 0 heterocycles. The van der Waals surface area contributed by atoms with Gasteiger partial charge in [0.15, 0.2) is 49.9 Å². The maximum Gasteiger partial charge on any atom is 0.469 e. The van der Waals surface area contributed by atoms with Crippen LogP contribution in [-0.2, 0) is 29.4 Å². The number of carbonyl (C=O) groups excluding carboxylic acids is 1. The summed E-state index contributed by atoms with van der Waals surface area (Å²) in [4.78, 5) is 21.9. The Kier molecular flexibility index (Phi) is 22.8. The number of carbonyl (C=O) groups is 2. The molecule has 0 bridgehead atoms. The topological polar surface area (TPSA) is 131 Å². The van der Waals surface area contributed by atoms with Crippen LogP contribution in [0, 0.1) is 0 Å². The molecule has 0 aliphatic carbocycles. The van der Waals surface area contributed by atoms with Crippen LogP contribution in [0.1, 0.15) is 19.3 Å². The minimum absolute atomic E-state index is 0.328. The van der Waals surface area contributed by atoms with E-state index >= 15 is 0 Å². The average molecular weight is 865 g/mol. The van der Waals surface area contributed by atoms with Gasteiger partial charge in [0.1, 0.15) is 0 Å². The molecule has 0 radical (unpaired) electrons. The second-order valence-corrected chi connectivity index (χ2v) is 52.9. The van der Waals surface area contributed by atoms with Crippen molar-refractivity contribution in [3.8, 4) is 0 Å². The Labute approximate surface area is 318 Å². The van der Waals surface area contributed by atoms with E-state index in [1.165, 1.54) is 6.20 Å². The summed E-state index contributed by atoms with van der Waals surface area (Å²) in [5.41, 5.74) is 0. The van der Waals surface area contributed by atoms with E-state index in [2.05, 4.69) is 130 Å². The molecule has 2 N–H and O–H groups in total. The van der Waals surface area contributed by atoms with Crippen LogP contribution in [0.3, 0.4) is 0 Å². The molecule has 50 heavy (non-hydrogen) atoms. The molecule has 0 fully saturated rings. The average Bonchev–Trinajstić information content (AvgIpc) is 2.77. The summed E-state index contributed by atoms with van der Waals surface area (Å²) in [5.74, 6) is 0.653. The normalized spacial score (nSPS) is 13.9. The summed E-state index contributed by atoms with van der Waals surface area (Å²) < 4.78 is 44.3. The predicted molar refractivity (Wildman–Crippen MR) is 231 cm³/mol. The minimum Gasteiger partial charge on any atom is -0.465 e. The summed E-state index contributed by atoms with van der Waals surface area (Å²) in [6.45, 7) is 42.5. The van der Waals surface area contributed by atoms with Gasteiger partial charge in [-0.25, -0.2) is 9.59 Å². The first-order valence-electron chi connectivity index (χ1n) is 17.4. The third-order valence-electron chi connectivity index (χ3n) is 4.98. The zero-order valence-electron chi connectivity index (χ0n) is 34.7. The van der Waals surface area contributed by atoms with Gasteiger partial charge in [-0.2, -0.15) is 0 Å². The van der Waals surface area contributed by atoms with E-state index in [4.69, 9.17) is 34.5 Å². The summed E-state index contributed by atoms with van der Waals surface area (Å²) in [7, 11) is -16.6. The van der Waals surface area contributed by atoms with Gasteiger partial charge in [0.2, 0.25) is 0 Å². The maximum absolute atomic E-state index is 11.5. The van der Waals surface area contributed by atoms with E-state index in [0.717, 1.165) is 49.4 Å². The monoisotopic (exact) mass is 863 g/mol. The molecule has 0 spiro atoms. The highest BCUT2D eigenvalue weighted by atomic mass is 32.2. The van der Waals surface area contributed by atoms with Crippen LogP contribution in [0.25, 0.3) is 0 Å². The molecule has 0 saturated heterocycles. The van der Waals surface area contributed by atoms with Crippen LogP contribution in [0.15, 0.2) is 25.1 Å². The summed E-state index contributed by atoms with van der Waals surface area (Å²) in [5, 5.41) is 10.5. The molecule has 0 aliphatic rings. The molecule has 20 heteroatoms. The lowest BCUT2D eigenvalue weighted by atomic mass is 10.3. The van der Waals surface area contributed by atoms with Crippen LogP contribution in [0.5, 0.6) is 0 Å². The van der Waals surface area contributed by atoms with Crippen molar-refractivity contribution in [3.63, 3.8) is 0 Å². The molecule has 0 unspecified atom stereocenters. The zero-order valence-corrected chi connectivity index (χ0v) is 43.5. The fraction of sp³-hybridized carbons (Fsp3) is 0.800. The third kappa shape index (κ3) is 32.7. The molecule has 11 nitrogen and oxygen atoms in total. The van der Waals surface area contributed by atoms with E-state index in [1.807, 2.05) is 6.08 Å². The summed E-state index contributed by atoms with van der Waals surface area (Å²) >= 11 is 1.15. The molecular formula is C30H73NO10SSi8. The number of allylic oxidation sites excluding steroid dienone is 1. The Morgan fingerprint density at radius 1 is 0.600 bits per heavy atom. The van der Waals surface area contributed by atoms with Crippen molar-refractivity contribution in [2.75, 3.05) is 5.75 Å². The van der Waals surface area contributed by atoms with E-state index in [0.29, 0.717) is 5.75 Å².